The summed E-state index contributed by atoms with van der Waals surface area (Å²) in [6.07, 6.45) is 5.14. The van der Waals surface area contributed by atoms with Crippen molar-refractivity contribution in [2.45, 2.75) is 58.5 Å². The van der Waals surface area contributed by atoms with Crippen molar-refractivity contribution in [1.29, 1.82) is 0 Å². The second kappa shape index (κ2) is 6.95. The second-order valence-corrected chi connectivity index (χ2v) is 5.66. The van der Waals surface area contributed by atoms with Gasteiger partial charge in [0.15, 0.2) is 0 Å². The Morgan fingerprint density at radius 3 is 2.58 bits per heavy atom. The molecule has 1 atom stereocenters. The number of nitrogens with zero attached hydrogens (tertiary/aromatic N) is 1. The second-order valence-electron chi connectivity index (χ2n) is 5.66. The number of hydrogen-bond donors (Lipinski definition) is 1. The molecule has 0 heterocycles. The highest BCUT2D eigenvalue weighted by Crippen LogP contribution is 2.35. The van der Waals surface area contributed by atoms with Crippen molar-refractivity contribution in [1.82, 2.24) is 5.32 Å². The summed E-state index contributed by atoms with van der Waals surface area (Å²) in [6.45, 7) is 9.05. The van der Waals surface area contributed by atoms with Gasteiger partial charge in [0.1, 0.15) is 0 Å². The van der Waals surface area contributed by atoms with E-state index < -0.39 is 0 Å². The molecule has 1 aliphatic carbocycles. The maximum absolute atomic E-state index is 3.62. The minimum absolute atomic E-state index is 0.439. The molecule has 1 N–H and O–H groups in total. The zero-order valence-corrected chi connectivity index (χ0v) is 12.7. The fraction of sp³-hybridized carbons (Fsp3) is 0.647. The summed E-state index contributed by atoms with van der Waals surface area (Å²) in [5, 5.41) is 3.62. The van der Waals surface area contributed by atoms with Crippen molar-refractivity contribution in [3.8, 4) is 0 Å². The molecular weight excluding hydrogens is 232 g/mol. The summed E-state index contributed by atoms with van der Waals surface area (Å²) >= 11 is 0. The van der Waals surface area contributed by atoms with Gasteiger partial charge >= 0.3 is 0 Å². The highest BCUT2D eigenvalue weighted by Gasteiger charge is 2.30. The third kappa shape index (κ3) is 3.73. The van der Waals surface area contributed by atoms with Gasteiger partial charge in [-0.05, 0) is 50.8 Å². The minimum atomic E-state index is 0.439. The molecule has 0 aliphatic heterocycles. The third-order valence-corrected chi connectivity index (χ3v) is 3.87. The van der Waals surface area contributed by atoms with Gasteiger partial charge < -0.3 is 10.2 Å². The zero-order valence-electron chi connectivity index (χ0n) is 12.7. The van der Waals surface area contributed by atoms with Crippen LogP contribution in [0.5, 0.6) is 0 Å². The molecule has 2 rings (SSSR count). The van der Waals surface area contributed by atoms with Gasteiger partial charge in [0.05, 0.1) is 0 Å². The standard InChI is InChI=1S/C17H28N2/c1-4-12-18-14(3)16-8-6-7-9-17(16)19(13-5-2)15-10-11-15/h6-9,14-15,18H,4-5,10-13H2,1-3H3. The number of nitrogens with one attached hydrogen (secondary N) is 1. The molecule has 1 aromatic rings. The molecule has 1 aliphatic rings. The quantitative estimate of drug-likeness (QED) is 0.756. The van der Waals surface area contributed by atoms with Crippen LogP contribution in [0.2, 0.25) is 0 Å². The normalized spacial score (nSPS) is 16.4. The smallest absolute Gasteiger partial charge is 0.0417 e. The highest BCUT2D eigenvalue weighted by atomic mass is 15.2. The lowest BCUT2D eigenvalue weighted by Crippen LogP contribution is -2.29. The van der Waals surface area contributed by atoms with E-state index in [9.17, 15) is 0 Å². The zero-order chi connectivity index (χ0) is 13.7. The summed E-state index contributed by atoms with van der Waals surface area (Å²) in [5.74, 6) is 0. The van der Waals surface area contributed by atoms with Crippen LogP contribution in [-0.2, 0) is 0 Å². The monoisotopic (exact) mass is 260 g/mol. The Balaban J connectivity index is 2.18. The molecule has 2 nitrogen and oxygen atoms in total. The van der Waals surface area contributed by atoms with E-state index >= 15 is 0 Å². The molecule has 0 spiro atoms. The first-order valence-corrected chi connectivity index (χ1v) is 7.86. The maximum atomic E-state index is 3.62. The van der Waals surface area contributed by atoms with Crippen molar-refractivity contribution >= 4 is 5.69 Å². The largest absolute Gasteiger partial charge is 0.368 e. The van der Waals surface area contributed by atoms with E-state index in [1.165, 1.54) is 43.5 Å². The lowest BCUT2D eigenvalue weighted by atomic mass is 10.0. The lowest BCUT2D eigenvalue weighted by molar-refractivity contribution is 0.568. The summed E-state index contributed by atoms with van der Waals surface area (Å²) in [6, 6.07) is 10.2. The van der Waals surface area contributed by atoms with Gasteiger partial charge in [0, 0.05) is 24.3 Å². The first-order chi connectivity index (χ1) is 9.27. The molecule has 1 fully saturated rings. The van der Waals surface area contributed by atoms with Crippen molar-refractivity contribution in [2.24, 2.45) is 0 Å². The van der Waals surface area contributed by atoms with Crippen molar-refractivity contribution in [3.05, 3.63) is 29.8 Å². The van der Waals surface area contributed by atoms with Gasteiger partial charge in [-0.15, -0.1) is 0 Å². The predicted octanol–water partition coefficient (Wildman–Crippen LogP) is 4.13. The summed E-state index contributed by atoms with van der Waals surface area (Å²) < 4.78 is 0. The molecular formula is C17H28N2. The van der Waals surface area contributed by atoms with E-state index in [2.05, 4.69) is 55.3 Å². The number of rotatable bonds is 8. The van der Waals surface area contributed by atoms with Crippen LogP contribution in [0.15, 0.2) is 24.3 Å². The third-order valence-electron chi connectivity index (χ3n) is 3.87. The number of para-hydroxylation sites is 1. The first kappa shape index (κ1) is 14.4. The van der Waals surface area contributed by atoms with Crippen LogP contribution in [-0.4, -0.2) is 19.1 Å². The molecule has 0 aromatic heterocycles. The first-order valence-electron chi connectivity index (χ1n) is 7.86. The van der Waals surface area contributed by atoms with Gasteiger partial charge in [-0.1, -0.05) is 32.0 Å². The molecule has 19 heavy (non-hydrogen) atoms. The van der Waals surface area contributed by atoms with Crippen LogP contribution >= 0.6 is 0 Å². The van der Waals surface area contributed by atoms with Gasteiger partial charge in [-0.25, -0.2) is 0 Å². The minimum Gasteiger partial charge on any atom is -0.368 e. The van der Waals surface area contributed by atoms with E-state index in [-0.39, 0.29) is 0 Å². The van der Waals surface area contributed by atoms with Crippen molar-refractivity contribution in [3.63, 3.8) is 0 Å². The van der Waals surface area contributed by atoms with Crippen molar-refractivity contribution < 1.29 is 0 Å². The number of hydrogen-bond acceptors (Lipinski definition) is 2. The van der Waals surface area contributed by atoms with Crippen LogP contribution in [0.1, 0.15) is 58.1 Å². The summed E-state index contributed by atoms with van der Waals surface area (Å²) in [4.78, 5) is 2.62. The fourth-order valence-corrected chi connectivity index (χ4v) is 2.71. The van der Waals surface area contributed by atoms with E-state index in [4.69, 9.17) is 0 Å². The van der Waals surface area contributed by atoms with Crippen LogP contribution in [0.4, 0.5) is 5.69 Å². The Labute approximate surface area is 118 Å². The Kier molecular flexibility index (Phi) is 5.26. The van der Waals surface area contributed by atoms with Gasteiger partial charge in [0.25, 0.3) is 0 Å². The topological polar surface area (TPSA) is 15.3 Å². The van der Waals surface area contributed by atoms with Gasteiger partial charge in [-0.2, -0.15) is 0 Å². The lowest BCUT2D eigenvalue weighted by Gasteiger charge is -2.29. The summed E-state index contributed by atoms with van der Waals surface area (Å²) in [7, 11) is 0. The van der Waals surface area contributed by atoms with E-state index in [0.717, 1.165) is 12.6 Å². The van der Waals surface area contributed by atoms with Crippen LogP contribution in [0.25, 0.3) is 0 Å². The van der Waals surface area contributed by atoms with Gasteiger partial charge in [-0.3, -0.25) is 0 Å². The van der Waals surface area contributed by atoms with Crippen LogP contribution < -0.4 is 10.2 Å². The van der Waals surface area contributed by atoms with E-state index in [0.29, 0.717) is 6.04 Å². The molecule has 1 unspecified atom stereocenters. The number of anilines is 1. The molecule has 1 saturated carbocycles. The Morgan fingerprint density at radius 2 is 1.95 bits per heavy atom. The molecule has 0 bridgehead atoms. The molecule has 0 amide bonds. The molecule has 2 heteroatoms. The number of benzene rings is 1. The predicted molar refractivity (Wildman–Crippen MR) is 83.8 cm³/mol. The highest BCUT2D eigenvalue weighted by molar-refractivity contribution is 5.56. The van der Waals surface area contributed by atoms with Crippen molar-refractivity contribution in [2.75, 3.05) is 18.0 Å². The average Bonchev–Trinajstić information content (AvgIpc) is 3.26. The SMILES string of the molecule is CCCNC(C)c1ccccc1N(CCC)C1CC1. The van der Waals surface area contributed by atoms with E-state index in [1.807, 2.05) is 0 Å². The summed E-state index contributed by atoms with van der Waals surface area (Å²) in [5.41, 5.74) is 2.90. The van der Waals surface area contributed by atoms with Gasteiger partial charge in [0.2, 0.25) is 0 Å². The van der Waals surface area contributed by atoms with Crippen LogP contribution in [0.3, 0.4) is 0 Å². The Bertz CT molecular complexity index is 385. The molecule has 0 saturated heterocycles. The maximum Gasteiger partial charge on any atom is 0.0417 e. The van der Waals surface area contributed by atoms with E-state index in [1.54, 1.807) is 0 Å². The molecule has 0 radical (unpaired) electrons. The molecule has 106 valence electrons. The fourth-order valence-electron chi connectivity index (χ4n) is 2.71. The average molecular weight is 260 g/mol. The molecule has 1 aromatic carbocycles. The Morgan fingerprint density at radius 1 is 1.21 bits per heavy atom. The Hall–Kier alpha value is -1.02. The van der Waals surface area contributed by atoms with Crippen LogP contribution in [0, 0.1) is 0 Å².